The van der Waals surface area contributed by atoms with Crippen LogP contribution in [0.5, 0.6) is 5.75 Å². The fourth-order valence-corrected chi connectivity index (χ4v) is 5.56. The molecule has 2 aromatic carbocycles. The molecule has 1 unspecified atom stereocenters. The van der Waals surface area contributed by atoms with Gasteiger partial charge in [0.05, 0.1) is 11.2 Å². The Morgan fingerprint density at radius 3 is 2.57 bits per heavy atom. The number of piperidine rings is 1. The predicted octanol–water partition coefficient (Wildman–Crippen LogP) is 5.06. The van der Waals surface area contributed by atoms with Gasteiger partial charge in [0.15, 0.2) is 11.6 Å². The lowest BCUT2D eigenvalue weighted by molar-refractivity contribution is 0.0452. The number of benzene rings is 2. The fourth-order valence-electron chi connectivity index (χ4n) is 5.56. The van der Waals surface area contributed by atoms with E-state index in [0.717, 1.165) is 36.0 Å². The summed E-state index contributed by atoms with van der Waals surface area (Å²) < 4.78 is 15.1. The molecule has 2 aromatic heterocycles. The number of rotatable bonds is 5. The average molecular weight is 575 g/mol. The maximum atomic E-state index is 13.8. The number of aryl methyl sites for hydroxylation is 2. The van der Waals surface area contributed by atoms with Crippen molar-refractivity contribution < 1.29 is 23.9 Å². The smallest absolute Gasteiger partial charge is 0.412 e. The van der Waals surface area contributed by atoms with Gasteiger partial charge in [-0.2, -0.15) is 0 Å². The summed E-state index contributed by atoms with van der Waals surface area (Å²) in [5.41, 5.74) is 2.88. The van der Waals surface area contributed by atoms with Gasteiger partial charge in [0, 0.05) is 56.2 Å². The third kappa shape index (κ3) is 5.77. The zero-order chi connectivity index (χ0) is 30.2. The Hall–Kier alpha value is -4.54. The van der Waals surface area contributed by atoms with E-state index in [2.05, 4.69) is 40.3 Å². The normalized spacial score (nSPS) is 15.6. The molecule has 0 radical (unpaired) electrons. The molecule has 42 heavy (non-hydrogen) atoms. The van der Waals surface area contributed by atoms with Gasteiger partial charge in [0.2, 0.25) is 0 Å². The van der Waals surface area contributed by atoms with Gasteiger partial charge >= 0.3 is 12.2 Å². The zero-order valence-corrected chi connectivity index (χ0v) is 25.0. The molecule has 5 rings (SSSR count). The highest BCUT2D eigenvalue weighted by atomic mass is 16.6. The number of carbonyl (C=O) groups excluding carboxylic acids is 3. The molecule has 1 aliphatic heterocycles. The summed E-state index contributed by atoms with van der Waals surface area (Å²) >= 11 is 0. The number of nitrogens with zero attached hydrogens (tertiary/aromatic N) is 4. The Morgan fingerprint density at radius 2 is 1.86 bits per heavy atom. The first-order valence-corrected chi connectivity index (χ1v) is 14.3. The monoisotopic (exact) mass is 574 g/mol. The molecular weight excluding hydrogens is 536 g/mol. The number of hydrogen-bond acceptors (Lipinski definition) is 6. The summed E-state index contributed by atoms with van der Waals surface area (Å²) in [6.45, 7) is 9.13. The molecule has 11 nitrogen and oxygen atoms in total. The van der Waals surface area contributed by atoms with Gasteiger partial charge in [-0.1, -0.05) is 18.2 Å². The lowest BCUT2D eigenvalue weighted by Crippen LogP contribution is -2.50. The number of ether oxygens (including phenoxy) is 2. The number of aromatic nitrogens is 3. The quantitative estimate of drug-likeness (QED) is 0.344. The van der Waals surface area contributed by atoms with Gasteiger partial charge in [-0.25, -0.2) is 14.6 Å². The third-order valence-corrected chi connectivity index (χ3v) is 7.37. The number of fused-ring (bicyclic) bond motifs is 2. The number of likely N-dealkylation sites (tertiary alicyclic amines) is 1. The van der Waals surface area contributed by atoms with Crippen LogP contribution in [0.2, 0.25) is 0 Å². The maximum absolute atomic E-state index is 13.8. The molecule has 3 amide bonds. The summed E-state index contributed by atoms with van der Waals surface area (Å²) in [7, 11) is 3.35. The van der Waals surface area contributed by atoms with Crippen LogP contribution >= 0.6 is 0 Å². The number of amides is 3. The number of alkyl carbamates (subject to hydrolysis) is 1. The number of imidazole rings is 1. The van der Waals surface area contributed by atoms with Gasteiger partial charge in [-0.15, -0.1) is 0 Å². The van der Waals surface area contributed by atoms with Crippen LogP contribution in [0, 0.1) is 0 Å². The van der Waals surface area contributed by atoms with Crippen molar-refractivity contribution in [1.29, 1.82) is 0 Å². The van der Waals surface area contributed by atoms with E-state index in [-0.39, 0.29) is 17.7 Å². The summed E-state index contributed by atoms with van der Waals surface area (Å²) in [6, 6.07) is 13.3. The van der Waals surface area contributed by atoms with E-state index in [1.165, 1.54) is 7.05 Å². The van der Waals surface area contributed by atoms with Crippen molar-refractivity contribution >= 4 is 40.0 Å². The standard InChI is InChI=1S/C31H38N6O5/c1-7-37-23-13-9-8-11-19(23)16-24(37)27-34-22-15-20(17-25(26(22)35(27)6)41-29(39)32-5)28(38)36-14-10-12-21(18-36)33-30(40)42-31(2,3)4/h8-9,11,13,15-17,21H,7,10,12,14,18H2,1-6H3,(H,32,39)(H,33,40). The molecule has 1 fully saturated rings. The minimum Gasteiger partial charge on any atom is -0.444 e. The van der Waals surface area contributed by atoms with Crippen LogP contribution in [0.25, 0.3) is 33.5 Å². The first kappa shape index (κ1) is 29.0. The second-order valence-corrected chi connectivity index (χ2v) is 11.5. The summed E-state index contributed by atoms with van der Waals surface area (Å²) in [6.07, 6.45) is 0.314. The Bertz CT molecular complexity index is 1660. The van der Waals surface area contributed by atoms with Gasteiger partial charge in [-0.3, -0.25) is 4.79 Å². The van der Waals surface area contributed by atoms with E-state index in [0.29, 0.717) is 35.5 Å². The first-order valence-electron chi connectivity index (χ1n) is 14.3. The predicted molar refractivity (Wildman–Crippen MR) is 161 cm³/mol. The van der Waals surface area contributed by atoms with Crippen LogP contribution in [0.1, 0.15) is 50.9 Å². The van der Waals surface area contributed by atoms with Gasteiger partial charge in [0.25, 0.3) is 5.91 Å². The van der Waals surface area contributed by atoms with Gasteiger partial charge < -0.3 is 34.1 Å². The largest absolute Gasteiger partial charge is 0.444 e. The highest BCUT2D eigenvalue weighted by Gasteiger charge is 2.29. The third-order valence-electron chi connectivity index (χ3n) is 7.37. The molecule has 0 spiro atoms. The SMILES string of the molecule is CCn1c(-c2nc3cc(C(=O)N4CCCC(NC(=O)OC(C)(C)C)C4)cc(OC(=O)NC)c3n2C)cc2ccccc21. The summed E-state index contributed by atoms with van der Waals surface area (Å²) in [5.74, 6) is 0.689. The number of hydrogen-bond donors (Lipinski definition) is 2. The second-order valence-electron chi connectivity index (χ2n) is 11.5. The fraction of sp³-hybridized carbons (Fsp3) is 0.419. The highest BCUT2D eigenvalue weighted by molar-refractivity contribution is 6.01. The molecule has 2 N–H and O–H groups in total. The van der Waals surface area contributed by atoms with Crippen LogP contribution in [0.3, 0.4) is 0 Å². The van der Waals surface area contributed by atoms with E-state index >= 15 is 0 Å². The van der Waals surface area contributed by atoms with Crippen molar-refractivity contribution in [2.24, 2.45) is 7.05 Å². The lowest BCUT2D eigenvalue weighted by Gasteiger charge is -2.33. The minimum absolute atomic E-state index is 0.232. The van der Waals surface area contributed by atoms with Crippen molar-refractivity contribution in [3.8, 4) is 17.3 Å². The Labute approximate surface area is 244 Å². The highest BCUT2D eigenvalue weighted by Crippen LogP contribution is 2.35. The molecule has 222 valence electrons. The number of para-hydroxylation sites is 1. The Kier molecular flexibility index (Phi) is 7.85. The van der Waals surface area contributed by atoms with E-state index in [1.807, 2.05) is 44.5 Å². The van der Waals surface area contributed by atoms with E-state index in [9.17, 15) is 14.4 Å². The van der Waals surface area contributed by atoms with Crippen LogP contribution in [-0.2, 0) is 18.3 Å². The van der Waals surface area contributed by atoms with Crippen LogP contribution in [0.15, 0.2) is 42.5 Å². The van der Waals surface area contributed by atoms with Gasteiger partial charge in [0.1, 0.15) is 11.1 Å². The minimum atomic E-state index is -0.647. The number of nitrogens with one attached hydrogen (secondary N) is 2. The molecule has 1 atom stereocenters. The van der Waals surface area contributed by atoms with Crippen molar-refractivity contribution in [2.75, 3.05) is 20.1 Å². The van der Waals surface area contributed by atoms with Crippen molar-refractivity contribution in [3.63, 3.8) is 0 Å². The molecule has 1 aliphatic rings. The Morgan fingerprint density at radius 1 is 1.10 bits per heavy atom. The maximum Gasteiger partial charge on any atom is 0.412 e. The summed E-state index contributed by atoms with van der Waals surface area (Å²) in [4.78, 5) is 45.1. The molecule has 0 bridgehead atoms. The van der Waals surface area contributed by atoms with Crippen LogP contribution < -0.4 is 15.4 Å². The van der Waals surface area contributed by atoms with E-state index < -0.39 is 17.8 Å². The lowest BCUT2D eigenvalue weighted by atomic mass is 10.0. The first-order chi connectivity index (χ1) is 20.0. The molecule has 11 heteroatoms. The second kappa shape index (κ2) is 11.4. The van der Waals surface area contributed by atoms with Crippen LogP contribution in [-0.4, -0.2) is 68.9 Å². The number of carbonyl (C=O) groups is 3. The van der Waals surface area contributed by atoms with E-state index in [1.54, 1.807) is 17.0 Å². The Balaban J connectivity index is 1.51. The molecular formula is C31H38N6O5. The molecule has 0 aliphatic carbocycles. The molecule has 0 saturated carbocycles. The van der Waals surface area contributed by atoms with Crippen molar-refractivity contribution in [3.05, 3.63) is 48.0 Å². The topological polar surface area (TPSA) is 120 Å². The van der Waals surface area contributed by atoms with Crippen LogP contribution in [0.4, 0.5) is 9.59 Å². The van der Waals surface area contributed by atoms with Crippen molar-refractivity contribution in [1.82, 2.24) is 29.7 Å². The molecule has 1 saturated heterocycles. The summed E-state index contributed by atoms with van der Waals surface area (Å²) in [5, 5.41) is 6.46. The molecule has 3 heterocycles. The molecule has 4 aromatic rings. The zero-order valence-electron chi connectivity index (χ0n) is 25.0. The van der Waals surface area contributed by atoms with Gasteiger partial charge in [-0.05, 0) is 64.8 Å². The van der Waals surface area contributed by atoms with Crippen molar-refractivity contribution in [2.45, 2.75) is 58.7 Å². The average Bonchev–Trinajstić information content (AvgIpc) is 3.48. The van der Waals surface area contributed by atoms with E-state index in [4.69, 9.17) is 14.5 Å².